The van der Waals surface area contributed by atoms with E-state index in [1.165, 1.54) is 18.2 Å². The zero-order chi connectivity index (χ0) is 21.6. The lowest BCUT2D eigenvalue weighted by atomic mass is 9.98. The molecule has 0 spiro atoms. The number of fused-ring (bicyclic) bond motifs is 1. The van der Waals surface area contributed by atoms with Gasteiger partial charge in [0.05, 0.1) is 18.8 Å². The standard InChI is InChI=1S/C21H20F3N4O3/c22-21(23,24)20(29)14-3-1-2-13(8-14)15-9-17-19(26-31-25-17)18(10-15)28-11-16(12-28)27-4-6-30-7-5-27/h1-4,8-10,16,20,29H,5-7,11-12H2/q+1. The maximum Gasteiger partial charge on any atom is 0.418 e. The first-order valence-corrected chi connectivity index (χ1v) is 9.93. The first-order valence-electron chi connectivity index (χ1n) is 9.93. The number of alkyl halides is 3. The number of benzene rings is 2. The number of aliphatic hydroxyl groups is 1. The van der Waals surface area contributed by atoms with Crippen LogP contribution in [0.2, 0.25) is 0 Å². The van der Waals surface area contributed by atoms with Crippen LogP contribution in [-0.4, -0.2) is 71.3 Å². The molecule has 0 aliphatic carbocycles. The van der Waals surface area contributed by atoms with Crippen LogP contribution in [0.25, 0.3) is 22.2 Å². The van der Waals surface area contributed by atoms with Crippen molar-refractivity contribution >= 4 is 22.9 Å². The van der Waals surface area contributed by atoms with Crippen LogP contribution >= 0.6 is 0 Å². The zero-order valence-corrected chi connectivity index (χ0v) is 16.4. The van der Waals surface area contributed by atoms with Crippen molar-refractivity contribution in [3.63, 3.8) is 0 Å². The average Bonchev–Trinajstić information content (AvgIpc) is 3.21. The van der Waals surface area contributed by atoms with Gasteiger partial charge in [0.2, 0.25) is 0 Å². The first-order chi connectivity index (χ1) is 14.9. The van der Waals surface area contributed by atoms with Gasteiger partial charge in [-0.3, -0.25) is 0 Å². The van der Waals surface area contributed by atoms with Crippen LogP contribution in [-0.2, 0) is 4.74 Å². The summed E-state index contributed by atoms with van der Waals surface area (Å²) in [6.45, 7) is 3.75. The van der Waals surface area contributed by atoms with E-state index in [0.29, 0.717) is 41.4 Å². The van der Waals surface area contributed by atoms with Crippen molar-refractivity contribution in [2.75, 3.05) is 37.7 Å². The highest BCUT2D eigenvalue weighted by molar-refractivity contribution is 5.93. The summed E-state index contributed by atoms with van der Waals surface area (Å²) >= 11 is 0. The number of rotatable bonds is 4. The normalized spacial score (nSPS) is 18.7. The van der Waals surface area contributed by atoms with Crippen molar-refractivity contribution in [1.29, 1.82) is 0 Å². The summed E-state index contributed by atoms with van der Waals surface area (Å²) in [6.07, 6.45) is -5.20. The third kappa shape index (κ3) is 3.77. The topological polar surface area (TPSA) is 74.6 Å². The number of halogens is 3. The minimum absolute atomic E-state index is 0.211. The average molecular weight is 433 g/mol. The fourth-order valence-electron chi connectivity index (χ4n) is 4.04. The number of ether oxygens (including phenoxy) is 1. The Morgan fingerprint density at radius 1 is 1.13 bits per heavy atom. The van der Waals surface area contributed by atoms with Crippen molar-refractivity contribution in [3.8, 4) is 11.1 Å². The second-order valence-electron chi connectivity index (χ2n) is 7.75. The first kappa shape index (κ1) is 20.0. The molecule has 5 rings (SSSR count). The van der Waals surface area contributed by atoms with Gasteiger partial charge in [-0.25, -0.2) is 9.20 Å². The van der Waals surface area contributed by atoms with Crippen LogP contribution < -0.4 is 4.90 Å². The Morgan fingerprint density at radius 2 is 1.97 bits per heavy atom. The van der Waals surface area contributed by atoms with Crippen LogP contribution in [0.1, 0.15) is 11.7 Å². The van der Waals surface area contributed by atoms with E-state index in [9.17, 15) is 18.3 Å². The third-order valence-corrected chi connectivity index (χ3v) is 5.78. The summed E-state index contributed by atoms with van der Waals surface area (Å²) in [5.74, 6) is 0. The maximum absolute atomic E-state index is 12.9. The van der Waals surface area contributed by atoms with Crippen LogP contribution in [0, 0.1) is 0 Å². The van der Waals surface area contributed by atoms with Gasteiger partial charge in [-0.15, -0.1) is 0 Å². The highest BCUT2D eigenvalue weighted by Gasteiger charge is 2.40. The quantitative estimate of drug-likeness (QED) is 0.638. The molecule has 2 aliphatic heterocycles. The molecule has 7 nitrogen and oxygen atoms in total. The van der Waals surface area contributed by atoms with Crippen LogP contribution in [0.5, 0.6) is 0 Å². The predicted octanol–water partition coefficient (Wildman–Crippen LogP) is 2.79. The maximum atomic E-state index is 12.9. The fourth-order valence-corrected chi connectivity index (χ4v) is 4.04. The molecule has 31 heavy (non-hydrogen) atoms. The zero-order valence-electron chi connectivity index (χ0n) is 16.4. The lowest BCUT2D eigenvalue weighted by Crippen LogP contribution is -2.58. The van der Waals surface area contributed by atoms with Gasteiger partial charge in [0, 0.05) is 0 Å². The van der Waals surface area contributed by atoms with Crippen molar-refractivity contribution < 1.29 is 32.2 Å². The number of aliphatic hydroxyl groups excluding tert-OH is 1. The lowest BCUT2D eigenvalue weighted by molar-refractivity contribution is -0.573. The Balaban J connectivity index is 1.46. The van der Waals surface area contributed by atoms with Gasteiger partial charge in [-0.2, -0.15) is 13.2 Å². The minimum atomic E-state index is -4.73. The van der Waals surface area contributed by atoms with E-state index in [1.807, 2.05) is 6.07 Å². The Bertz CT molecular complexity index is 1140. The van der Waals surface area contributed by atoms with E-state index >= 15 is 0 Å². The second kappa shape index (κ2) is 7.61. The molecule has 0 bridgehead atoms. The molecular formula is C21H20F3N4O3+. The molecule has 1 atom stereocenters. The smallest absolute Gasteiger partial charge is 0.379 e. The Labute approximate surface area is 175 Å². The van der Waals surface area contributed by atoms with E-state index in [1.54, 1.807) is 12.1 Å². The van der Waals surface area contributed by atoms with Gasteiger partial charge in [0.25, 0.3) is 0 Å². The van der Waals surface area contributed by atoms with E-state index in [4.69, 9.17) is 9.37 Å². The number of hydrogen-bond acceptors (Lipinski definition) is 6. The van der Waals surface area contributed by atoms with Gasteiger partial charge in [-0.1, -0.05) is 18.2 Å². The Kier molecular flexibility index (Phi) is 4.90. The van der Waals surface area contributed by atoms with Crippen LogP contribution in [0.15, 0.2) is 41.0 Å². The molecule has 10 heteroatoms. The monoisotopic (exact) mass is 433 g/mol. The molecule has 1 saturated heterocycles. The molecule has 1 fully saturated rings. The summed E-state index contributed by atoms with van der Waals surface area (Å²) in [5, 5.41) is 17.6. The Hall–Kier alpha value is -2.98. The van der Waals surface area contributed by atoms with Crippen molar-refractivity contribution in [2.45, 2.75) is 18.3 Å². The fraction of sp³-hybridized carbons (Fsp3) is 0.381. The van der Waals surface area contributed by atoms with E-state index < -0.39 is 12.3 Å². The molecule has 1 unspecified atom stereocenters. The summed E-state index contributed by atoms with van der Waals surface area (Å²) in [5.41, 5.74) is 2.97. The molecular weight excluding hydrogens is 413 g/mol. The van der Waals surface area contributed by atoms with Gasteiger partial charge < -0.3 is 14.7 Å². The van der Waals surface area contributed by atoms with Crippen molar-refractivity contribution in [2.24, 2.45) is 0 Å². The summed E-state index contributed by atoms with van der Waals surface area (Å²) in [4.78, 5) is 2.15. The molecule has 3 heterocycles. The Morgan fingerprint density at radius 3 is 2.71 bits per heavy atom. The van der Waals surface area contributed by atoms with E-state index in [-0.39, 0.29) is 5.56 Å². The molecule has 3 aromatic rings. The van der Waals surface area contributed by atoms with E-state index in [2.05, 4.69) is 26.0 Å². The number of hydrogen-bond donors (Lipinski definition) is 1. The summed E-state index contributed by atoms with van der Waals surface area (Å²) < 4.78 is 51.4. The molecule has 1 N–H and O–H groups in total. The summed E-state index contributed by atoms with van der Waals surface area (Å²) in [7, 11) is 0. The molecule has 1 aromatic heterocycles. The van der Waals surface area contributed by atoms with Gasteiger partial charge in [0.1, 0.15) is 18.7 Å². The van der Waals surface area contributed by atoms with Crippen molar-refractivity contribution in [1.82, 2.24) is 10.3 Å². The second-order valence-corrected chi connectivity index (χ2v) is 7.75. The molecule has 2 aromatic carbocycles. The van der Waals surface area contributed by atoms with Crippen LogP contribution in [0.4, 0.5) is 18.9 Å². The van der Waals surface area contributed by atoms with Gasteiger partial charge >= 0.3 is 6.18 Å². The number of nitrogens with zero attached hydrogens (tertiary/aromatic N) is 4. The minimum Gasteiger partial charge on any atom is -0.379 e. The van der Waals surface area contributed by atoms with Crippen molar-refractivity contribution in [3.05, 3.63) is 42.0 Å². The molecule has 0 saturated carbocycles. The molecule has 0 radical (unpaired) electrons. The van der Waals surface area contributed by atoms with Gasteiger partial charge in [0.15, 0.2) is 30.4 Å². The van der Waals surface area contributed by atoms with E-state index in [0.717, 1.165) is 25.3 Å². The molecule has 2 aliphatic rings. The SMILES string of the molecule is OC(c1cccc(-c2cc(N3CC([N+]4=CCOCC4)C3)c3nonc3c2)c1)C(F)(F)F. The molecule has 0 amide bonds. The number of anilines is 1. The largest absolute Gasteiger partial charge is 0.418 e. The third-order valence-electron chi connectivity index (χ3n) is 5.78. The summed E-state index contributed by atoms with van der Waals surface area (Å²) in [6, 6.07) is 9.78. The van der Waals surface area contributed by atoms with Crippen LogP contribution in [0.3, 0.4) is 0 Å². The predicted molar refractivity (Wildman–Crippen MR) is 106 cm³/mol. The molecule has 162 valence electrons. The number of aromatic nitrogens is 2. The van der Waals surface area contributed by atoms with Gasteiger partial charge in [-0.05, 0) is 45.2 Å². The highest BCUT2D eigenvalue weighted by Crippen LogP contribution is 2.37. The highest BCUT2D eigenvalue weighted by atomic mass is 19.4. The lowest BCUT2D eigenvalue weighted by Gasteiger charge is -2.38.